The van der Waals surface area contributed by atoms with E-state index in [0.717, 1.165) is 53.6 Å². The highest BCUT2D eigenvalue weighted by molar-refractivity contribution is 5.71. The molecule has 2 aromatic carbocycles. The third kappa shape index (κ3) is 5.98. The number of aliphatic hydroxyl groups excluding tert-OH is 1. The van der Waals surface area contributed by atoms with Gasteiger partial charge in [0, 0.05) is 29.4 Å². The first-order valence-corrected chi connectivity index (χ1v) is 10.4. The highest BCUT2D eigenvalue weighted by Crippen LogP contribution is 2.27. The zero-order valence-corrected chi connectivity index (χ0v) is 17.4. The molecule has 0 aliphatic rings. The fourth-order valence-corrected chi connectivity index (χ4v) is 3.33. The van der Waals surface area contributed by atoms with Crippen molar-refractivity contribution in [1.29, 1.82) is 0 Å². The monoisotopic (exact) mass is 401 g/mol. The lowest BCUT2D eigenvalue weighted by atomic mass is 9.99. The molecule has 0 fully saturated rings. The molecule has 1 atom stereocenters. The van der Waals surface area contributed by atoms with Gasteiger partial charge in [0.05, 0.1) is 6.10 Å². The minimum absolute atomic E-state index is 0.232. The minimum atomic E-state index is -0.269. The highest BCUT2D eigenvalue weighted by Gasteiger charge is 2.07. The van der Waals surface area contributed by atoms with Crippen LogP contribution in [0.4, 0.5) is 4.39 Å². The van der Waals surface area contributed by atoms with E-state index in [-0.39, 0.29) is 11.9 Å². The van der Waals surface area contributed by atoms with Crippen LogP contribution in [0.1, 0.15) is 37.4 Å². The second-order valence-corrected chi connectivity index (χ2v) is 7.53. The average Bonchev–Trinajstić information content (AvgIpc) is 2.74. The molecule has 1 aromatic heterocycles. The molecule has 154 valence electrons. The van der Waals surface area contributed by atoms with Gasteiger partial charge in [-0.15, -0.1) is 6.58 Å². The van der Waals surface area contributed by atoms with Crippen LogP contribution >= 0.6 is 0 Å². The second-order valence-electron chi connectivity index (χ2n) is 7.53. The Balaban J connectivity index is 1.68. The molecule has 1 N–H and O–H groups in total. The Labute approximate surface area is 178 Å². The van der Waals surface area contributed by atoms with Crippen LogP contribution in [0.15, 0.2) is 79.5 Å². The smallest absolute Gasteiger partial charge is 0.131 e. The van der Waals surface area contributed by atoms with Gasteiger partial charge in [0.2, 0.25) is 0 Å². The fraction of sp³-hybridized carbons (Fsp3) is 0.222. The predicted octanol–water partition coefficient (Wildman–Crippen LogP) is 6.85. The van der Waals surface area contributed by atoms with Crippen LogP contribution in [0.25, 0.3) is 28.3 Å². The Bertz CT molecular complexity index is 988. The van der Waals surface area contributed by atoms with Crippen LogP contribution in [0, 0.1) is 5.82 Å². The summed E-state index contributed by atoms with van der Waals surface area (Å²) >= 11 is 0. The number of rotatable bonds is 9. The lowest BCUT2D eigenvalue weighted by molar-refractivity contribution is 0.182. The van der Waals surface area contributed by atoms with E-state index in [1.807, 2.05) is 73.0 Å². The first-order chi connectivity index (χ1) is 14.6. The lowest BCUT2D eigenvalue weighted by Gasteiger charge is -2.07. The number of pyridine rings is 1. The van der Waals surface area contributed by atoms with Crippen molar-refractivity contribution in [3.8, 4) is 22.3 Å². The number of aromatic nitrogens is 1. The number of benzene rings is 2. The molecule has 2 nitrogen and oxygen atoms in total. The Hall–Kier alpha value is -3.04. The molecule has 0 spiro atoms. The van der Waals surface area contributed by atoms with Gasteiger partial charge in [0.15, 0.2) is 0 Å². The maximum atomic E-state index is 14.7. The van der Waals surface area contributed by atoms with Crippen molar-refractivity contribution < 1.29 is 9.50 Å². The maximum absolute atomic E-state index is 14.7. The van der Waals surface area contributed by atoms with Crippen molar-refractivity contribution in [2.24, 2.45) is 0 Å². The molecular formula is C27H28FNO. The average molecular weight is 402 g/mol. The number of hydrogen-bond acceptors (Lipinski definition) is 2. The van der Waals surface area contributed by atoms with Gasteiger partial charge >= 0.3 is 0 Å². The van der Waals surface area contributed by atoms with Crippen molar-refractivity contribution in [1.82, 2.24) is 4.98 Å². The number of aliphatic hydroxyl groups is 1. The van der Waals surface area contributed by atoms with Crippen molar-refractivity contribution in [3.63, 3.8) is 0 Å². The molecule has 1 heterocycles. The summed E-state index contributed by atoms with van der Waals surface area (Å²) < 4.78 is 14.7. The van der Waals surface area contributed by atoms with Gasteiger partial charge in [-0.3, -0.25) is 4.98 Å². The molecule has 3 heteroatoms. The third-order valence-corrected chi connectivity index (χ3v) is 5.00. The first-order valence-electron chi connectivity index (χ1n) is 10.4. The molecule has 0 radical (unpaired) electrons. The molecule has 3 rings (SSSR count). The van der Waals surface area contributed by atoms with E-state index < -0.39 is 0 Å². The summed E-state index contributed by atoms with van der Waals surface area (Å²) in [6.45, 7) is 5.53. The van der Waals surface area contributed by atoms with Crippen LogP contribution in [-0.2, 0) is 6.42 Å². The largest absolute Gasteiger partial charge is 0.393 e. The van der Waals surface area contributed by atoms with Crippen molar-refractivity contribution in [3.05, 3.63) is 96.6 Å². The molecule has 0 bridgehead atoms. The van der Waals surface area contributed by atoms with Gasteiger partial charge in [-0.1, -0.05) is 60.7 Å². The SMILES string of the molecule is C=CCc1ccc(-c2ccc(-c3ccc(/C=C/CCCC(C)O)cc3F)cc2)cn1. The summed E-state index contributed by atoms with van der Waals surface area (Å²) in [6, 6.07) is 17.2. The molecule has 0 aliphatic heterocycles. The molecule has 1 unspecified atom stereocenters. The highest BCUT2D eigenvalue weighted by atomic mass is 19.1. The summed E-state index contributed by atoms with van der Waals surface area (Å²) in [5.41, 5.74) is 5.35. The van der Waals surface area contributed by atoms with E-state index >= 15 is 0 Å². The van der Waals surface area contributed by atoms with Gasteiger partial charge in [0.25, 0.3) is 0 Å². The molecular weight excluding hydrogens is 373 g/mol. The number of allylic oxidation sites excluding steroid dienone is 2. The van der Waals surface area contributed by atoms with Gasteiger partial charge in [-0.05, 0) is 55.0 Å². The molecule has 3 aromatic rings. The molecule has 0 saturated carbocycles. The fourth-order valence-electron chi connectivity index (χ4n) is 3.33. The van der Waals surface area contributed by atoms with E-state index in [9.17, 15) is 9.50 Å². The lowest BCUT2D eigenvalue weighted by Crippen LogP contribution is -1.97. The molecule has 0 amide bonds. The molecule has 0 saturated heterocycles. The zero-order valence-electron chi connectivity index (χ0n) is 17.4. The number of unbranched alkanes of at least 4 members (excludes halogenated alkanes) is 1. The summed E-state index contributed by atoms with van der Waals surface area (Å²) in [5, 5.41) is 9.28. The maximum Gasteiger partial charge on any atom is 0.131 e. The van der Waals surface area contributed by atoms with Crippen LogP contribution in [0.2, 0.25) is 0 Å². The topological polar surface area (TPSA) is 33.1 Å². The predicted molar refractivity (Wildman–Crippen MR) is 124 cm³/mol. The van der Waals surface area contributed by atoms with E-state index in [2.05, 4.69) is 11.6 Å². The summed E-state index contributed by atoms with van der Waals surface area (Å²) in [5.74, 6) is -0.232. The summed E-state index contributed by atoms with van der Waals surface area (Å²) in [7, 11) is 0. The second kappa shape index (κ2) is 10.7. The van der Waals surface area contributed by atoms with Gasteiger partial charge in [-0.2, -0.15) is 0 Å². The van der Waals surface area contributed by atoms with E-state index in [0.29, 0.717) is 5.56 Å². The van der Waals surface area contributed by atoms with E-state index in [1.165, 1.54) is 0 Å². The molecule has 0 aliphatic carbocycles. The van der Waals surface area contributed by atoms with Crippen molar-refractivity contribution >= 4 is 6.08 Å². The Morgan fingerprint density at radius 2 is 1.77 bits per heavy atom. The number of hydrogen-bond donors (Lipinski definition) is 1. The minimum Gasteiger partial charge on any atom is -0.393 e. The van der Waals surface area contributed by atoms with E-state index in [4.69, 9.17) is 0 Å². The van der Waals surface area contributed by atoms with Crippen LogP contribution in [0.5, 0.6) is 0 Å². The quantitative estimate of drug-likeness (QED) is 0.314. The Kier molecular flexibility index (Phi) is 7.69. The van der Waals surface area contributed by atoms with Gasteiger partial charge in [0.1, 0.15) is 5.82 Å². The van der Waals surface area contributed by atoms with Gasteiger partial charge in [-0.25, -0.2) is 4.39 Å². The van der Waals surface area contributed by atoms with Crippen molar-refractivity contribution in [2.45, 2.75) is 38.7 Å². The number of nitrogens with zero attached hydrogens (tertiary/aromatic N) is 1. The summed E-state index contributed by atoms with van der Waals surface area (Å²) in [4.78, 5) is 4.44. The van der Waals surface area contributed by atoms with E-state index in [1.54, 1.807) is 13.0 Å². The molecule has 30 heavy (non-hydrogen) atoms. The van der Waals surface area contributed by atoms with Crippen molar-refractivity contribution in [2.75, 3.05) is 0 Å². The number of halogens is 1. The van der Waals surface area contributed by atoms with Crippen LogP contribution in [-0.4, -0.2) is 16.2 Å². The van der Waals surface area contributed by atoms with Crippen LogP contribution in [0.3, 0.4) is 0 Å². The van der Waals surface area contributed by atoms with Gasteiger partial charge < -0.3 is 5.11 Å². The Morgan fingerprint density at radius 3 is 2.40 bits per heavy atom. The Morgan fingerprint density at radius 1 is 1.03 bits per heavy atom. The third-order valence-electron chi connectivity index (χ3n) is 5.00. The first kappa shape index (κ1) is 21.7. The van der Waals surface area contributed by atoms with Crippen LogP contribution < -0.4 is 0 Å². The zero-order chi connectivity index (χ0) is 21.3. The normalized spacial score (nSPS) is 12.2. The standard InChI is InChI=1S/C27H28FNO/c1-3-7-25-16-15-24(19-29-25)22-11-13-23(14-12-22)26-17-10-21(18-27(26)28)9-6-4-5-8-20(2)30/h3,6,9-20,30H,1,4-5,7-8H2,2H3/b9-6+. The summed E-state index contributed by atoms with van der Waals surface area (Å²) in [6.07, 6.45) is 10.7.